The number of rotatable bonds is 4. The Morgan fingerprint density at radius 2 is 2.10 bits per heavy atom. The lowest BCUT2D eigenvalue weighted by atomic mass is 9.85. The molecule has 2 rings (SSSR count). The molecule has 0 radical (unpaired) electrons. The molecule has 1 aromatic rings. The smallest absolute Gasteiger partial charge is 0.315 e. The Morgan fingerprint density at radius 3 is 2.76 bits per heavy atom. The Balaban J connectivity index is 2.34. The molecule has 21 heavy (non-hydrogen) atoms. The maximum Gasteiger partial charge on any atom is 0.315 e. The van der Waals surface area contributed by atoms with E-state index in [0.717, 1.165) is 31.6 Å². The van der Waals surface area contributed by atoms with E-state index in [2.05, 4.69) is 24.1 Å². The van der Waals surface area contributed by atoms with Crippen molar-refractivity contribution in [3.8, 4) is 0 Å². The predicted octanol–water partition coefficient (Wildman–Crippen LogP) is 4.04. The molecule has 0 amide bonds. The van der Waals surface area contributed by atoms with Crippen molar-refractivity contribution >= 4 is 17.1 Å². The fourth-order valence-corrected chi connectivity index (χ4v) is 2.98. The van der Waals surface area contributed by atoms with Crippen LogP contribution in [0.15, 0.2) is 18.2 Å². The molecule has 5 nitrogen and oxygen atoms in total. The average molecular weight is 291 g/mol. The molecule has 0 unspecified atom stereocenters. The SMILES string of the molecule is CCNc1cccc(N2CCCC(C)(C)CC2)c1[N+](=O)[O-]. The zero-order valence-corrected chi connectivity index (χ0v) is 13.2. The quantitative estimate of drug-likeness (QED) is 0.672. The van der Waals surface area contributed by atoms with Gasteiger partial charge in [0.1, 0.15) is 11.4 Å². The number of nitrogens with zero attached hydrogens (tertiary/aromatic N) is 2. The molecule has 1 aliphatic heterocycles. The topological polar surface area (TPSA) is 58.4 Å². The highest BCUT2D eigenvalue weighted by Gasteiger charge is 2.28. The molecule has 0 aliphatic carbocycles. The average Bonchev–Trinajstić information content (AvgIpc) is 2.59. The number of nitro benzene ring substituents is 1. The molecular weight excluding hydrogens is 266 g/mol. The Hall–Kier alpha value is -1.78. The van der Waals surface area contributed by atoms with Crippen molar-refractivity contribution in [1.29, 1.82) is 0 Å². The molecule has 1 aliphatic rings. The van der Waals surface area contributed by atoms with Gasteiger partial charge in [0.2, 0.25) is 0 Å². The molecular formula is C16H25N3O2. The summed E-state index contributed by atoms with van der Waals surface area (Å²) in [7, 11) is 0. The van der Waals surface area contributed by atoms with Gasteiger partial charge in [-0.25, -0.2) is 0 Å². The Morgan fingerprint density at radius 1 is 1.33 bits per heavy atom. The largest absolute Gasteiger partial charge is 0.380 e. The second kappa shape index (κ2) is 6.33. The van der Waals surface area contributed by atoms with Gasteiger partial charge in [-0.15, -0.1) is 0 Å². The number of hydrogen-bond donors (Lipinski definition) is 1. The summed E-state index contributed by atoms with van der Waals surface area (Å²) in [5, 5.41) is 14.6. The van der Waals surface area contributed by atoms with Gasteiger partial charge in [-0.3, -0.25) is 10.1 Å². The van der Waals surface area contributed by atoms with E-state index in [0.29, 0.717) is 17.6 Å². The second-order valence-corrected chi connectivity index (χ2v) is 6.47. The summed E-state index contributed by atoms with van der Waals surface area (Å²) in [6.45, 7) is 8.95. The summed E-state index contributed by atoms with van der Waals surface area (Å²) in [5.41, 5.74) is 1.89. The summed E-state index contributed by atoms with van der Waals surface area (Å²) in [4.78, 5) is 13.4. The summed E-state index contributed by atoms with van der Waals surface area (Å²) in [6.07, 6.45) is 3.31. The van der Waals surface area contributed by atoms with E-state index in [9.17, 15) is 10.1 Å². The van der Waals surface area contributed by atoms with Crippen molar-refractivity contribution in [2.75, 3.05) is 29.9 Å². The first-order valence-corrected chi connectivity index (χ1v) is 7.71. The van der Waals surface area contributed by atoms with E-state index >= 15 is 0 Å². The molecule has 1 saturated heterocycles. The Bertz CT molecular complexity index is 514. The van der Waals surface area contributed by atoms with Gasteiger partial charge in [0.05, 0.1) is 4.92 Å². The standard InChI is InChI=1S/C16H25N3O2/c1-4-17-13-7-5-8-14(15(13)19(20)21)18-11-6-9-16(2,3)10-12-18/h5,7-8,17H,4,6,9-12H2,1-3H3. The molecule has 1 N–H and O–H groups in total. The first-order valence-electron chi connectivity index (χ1n) is 7.71. The molecule has 1 aromatic carbocycles. The first kappa shape index (κ1) is 15.6. The van der Waals surface area contributed by atoms with E-state index in [1.54, 1.807) is 6.07 Å². The van der Waals surface area contributed by atoms with E-state index in [-0.39, 0.29) is 10.6 Å². The van der Waals surface area contributed by atoms with Gasteiger partial charge < -0.3 is 10.2 Å². The minimum atomic E-state index is -0.261. The van der Waals surface area contributed by atoms with Crippen LogP contribution in [-0.4, -0.2) is 24.6 Å². The Kier molecular flexibility index (Phi) is 4.70. The number of hydrogen-bond acceptors (Lipinski definition) is 4. The zero-order chi connectivity index (χ0) is 15.5. The molecule has 1 fully saturated rings. The lowest BCUT2D eigenvalue weighted by Crippen LogP contribution is -2.26. The third-order valence-corrected chi connectivity index (χ3v) is 4.25. The fraction of sp³-hybridized carbons (Fsp3) is 0.625. The van der Waals surface area contributed by atoms with Crippen LogP contribution < -0.4 is 10.2 Å². The van der Waals surface area contributed by atoms with Crippen molar-refractivity contribution in [3.05, 3.63) is 28.3 Å². The second-order valence-electron chi connectivity index (χ2n) is 6.47. The lowest BCUT2D eigenvalue weighted by Gasteiger charge is -2.25. The van der Waals surface area contributed by atoms with Crippen LogP contribution in [0.4, 0.5) is 17.1 Å². The lowest BCUT2D eigenvalue weighted by molar-refractivity contribution is -0.383. The van der Waals surface area contributed by atoms with Gasteiger partial charge in [0, 0.05) is 19.6 Å². The first-order chi connectivity index (χ1) is 9.94. The van der Waals surface area contributed by atoms with Gasteiger partial charge in [0.15, 0.2) is 0 Å². The number of nitro groups is 1. The molecule has 0 atom stereocenters. The van der Waals surface area contributed by atoms with Crippen molar-refractivity contribution < 1.29 is 4.92 Å². The van der Waals surface area contributed by atoms with Crippen LogP contribution >= 0.6 is 0 Å². The fourth-order valence-electron chi connectivity index (χ4n) is 2.98. The molecule has 5 heteroatoms. The molecule has 0 bridgehead atoms. The maximum absolute atomic E-state index is 11.5. The summed E-state index contributed by atoms with van der Waals surface area (Å²) >= 11 is 0. The number of anilines is 2. The summed E-state index contributed by atoms with van der Waals surface area (Å²) in [5.74, 6) is 0. The van der Waals surface area contributed by atoms with Gasteiger partial charge in [-0.2, -0.15) is 0 Å². The molecule has 0 saturated carbocycles. The Labute approximate surface area is 126 Å². The van der Waals surface area contributed by atoms with Crippen molar-refractivity contribution in [2.45, 2.75) is 40.0 Å². The highest BCUT2D eigenvalue weighted by Crippen LogP contribution is 2.38. The summed E-state index contributed by atoms with van der Waals surface area (Å²) in [6, 6.07) is 5.56. The molecule has 0 spiro atoms. The zero-order valence-electron chi connectivity index (χ0n) is 13.2. The molecule has 1 heterocycles. The van der Waals surface area contributed by atoms with Crippen LogP contribution in [0.2, 0.25) is 0 Å². The normalized spacial score (nSPS) is 18.1. The van der Waals surface area contributed by atoms with Gasteiger partial charge in [-0.05, 0) is 43.7 Å². The maximum atomic E-state index is 11.5. The van der Waals surface area contributed by atoms with Gasteiger partial charge in [-0.1, -0.05) is 19.9 Å². The molecule has 116 valence electrons. The van der Waals surface area contributed by atoms with E-state index in [1.165, 1.54) is 6.42 Å². The van der Waals surface area contributed by atoms with Gasteiger partial charge >= 0.3 is 5.69 Å². The third-order valence-electron chi connectivity index (χ3n) is 4.25. The van der Waals surface area contributed by atoms with Crippen molar-refractivity contribution in [1.82, 2.24) is 0 Å². The number of nitrogens with one attached hydrogen (secondary N) is 1. The highest BCUT2D eigenvalue weighted by atomic mass is 16.6. The van der Waals surface area contributed by atoms with Crippen LogP contribution in [0.25, 0.3) is 0 Å². The van der Waals surface area contributed by atoms with E-state index < -0.39 is 0 Å². The summed E-state index contributed by atoms with van der Waals surface area (Å²) < 4.78 is 0. The minimum absolute atomic E-state index is 0.207. The van der Waals surface area contributed by atoms with Crippen molar-refractivity contribution in [3.63, 3.8) is 0 Å². The predicted molar refractivity (Wildman–Crippen MR) is 87.1 cm³/mol. The van der Waals surface area contributed by atoms with Crippen LogP contribution in [-0.2, 0) is 0 Å². The third kappa shape index (κ3) is 3.65. The van der Waals surface area contributed by atoms with Crippen LogP contribution in [0, 0.1) is 15.5 Å². The highest BCUT2D eigenvalue weighted by molar-refractivity contribution is 5.77. The van der Waals surface area contributed by atoms with Crippen LogP contribution in [0.5, 0.6) is 0 Å². The monoisotopic (exact) mass is 291 g/mol. The van der Waals surface area contributed by atoms with E-state index in [4.69, 9.17) is 0 Å². The minimum Gasteiger partial charge on any atom is -0.380 e. The number of benzene rings is 1. The van der Waals surface area contributed by atoms with E-state index in [1.807, 2.05) is 19.1 Å². The number of para-hydroxylation sites is 1. The van der Waals surface area contributed by atoms with Gasteiger partial charge in [0.25, 0.3) is 0 Å². The van der Waals surface area contributed by atoms with Crippen molar-refractivity contribution in [2.24, 2.45) is 5.41 Å². The van der Waals surface area contributed by atoms with Crippen LogP contribution in [0.3, 0.4) is 0 Å². The van der Waals surface area contributed by atoms with Crippen LogP contribution in [0.1, 0.15) is 40.0 Å². The molecule has 0 aromatic heterocycles.